The highest BCUT2D eigenvalue weighted by molar-refractivity contribution is 6.31. The number of carbonyl (C=O) groups is 1. The molecule has 0 saturated carbocycles. The average molecular weight is 587 g/mol. The van der Waals surface area contributed by atoms with E-state index in [-0.39, 0.29) is 19.0 Å². The number of nitrogens with zero attached hydrogens (tertiary/aromatic N) is 6. The highest BCUT2D eigenvalue weighted by Gasteiger charge is 2.34. The molecule has 3 heterocycles. The molecule has 3 aromatic rings. The number of fused-ring (bicyclic) bond motifs is 1. The van der Waals surface area contributed by atoms with Crippen molar-refractivity contribution in [1.82, 2.24) is 19.6 Å². The van der Waals surface area contributed by atoms with E-state index in [1.807, 2.05) is 18.2 Å². The number of aliphatic hydroxyl groups is 1. The highest BCUT2D eigenvalue weighted by Crippen LogP contribution is 2.38. The topological polar surface area (TPSA) is 88.6 Å². The maximum atomic E-state index is 13.3. The van der Waals surface area contributed by atoms with E-state index in [2.05, 4.69) is 15.9 Å². The van der Waals surface area contributed by atoms with E-state index >= 15 is 0 Å². The number of aliphatic hydroxyl groups excluding tert-OH is 1. The lowest BCUT2D eigenvalue weighted by Crippen LogP contribution is -2.49. The van der Waals surface area contributed by atoms with Crippen LogP contribution >= 0.6 is 11.6 Å². The van der Waals surface area contributed by atoms with Crippen molar-refractivity contribution in [3.8, 4) is 17.3 Å². The summed E-state index contributed by atoms with van der Waals surface area (Å²) in [5, 5.41) is 24.8. The predicted octanol–water partition coefficient (Wildman–Crippen LogP) is 4.18. The minimum atomic E-state index is -4.57. The van der Waals surface area contributed by atoms with Gasteiger partial charge in [0.1, 0.15) is 6.07 Å². The van der Waals surface area contributed by atoms with E-state index in [1.165, 1.54) is 19.1 Å². The fourth-order valence-corrected chi connectivity index (χ4v) is 5.89. The number of rotatable bonds is 6. The molecule has 41 heavy (non-hydrogen) atoms. The van der Waals surface area contributed by atoms with E-state index in [0.717, 1.165) is 49.2 Å². The zero-order valence-electron chi connectivity index (χ0n) is 22.5. The number of hydrogen-bond donors (Lipinski definition) is 1. The first kappa shape index (κ1) is 28.9. The number of halogens is 4. The van der Waals surface area contributed by atoms with E-state index in [4.69, 9.17) is 16.7 Å². The van der Waals surface area contributed by atoms with Crippen molar-refractivity contribution in [3.63, 3.8) is 0 Å². The van der Waals surface area contributed by atoms with E-state index < -0.39 is 22.9 Å². The summed E-state index contributed by atoms with van der Waals surface area (Å²) in [5.41, 5.74) is 3.11. The molecule has 216 valence electrons. The Morgan fingerprint density at radius 3 is 2.51 bits per heavy atom. The fourth-order valence-electron chi connectivity index (χ4n) is 5.61. The molecule has 2 aliphatic heterocycles. The van der Waals surface area contributed by atoms with Gasteiger partial charge >= 0.3 is 6.18 Å². The fraction of sp³-hybridized carbons (Fsp3) is 0.414. The number of anilines is 1. The van der Waals surface area contributed by atoms with Crippen LogP contribution in [0.5, 0.6) is 0 Å². The number of aromatic nitrogens is 2. The van der Waals surface area contributed by atoms with Crippen LogP contribution in [0.4, 0.5) is 18.9 Å². The van der Waals surface area contributed by atoms with Gasteiger partial charge in [-0.05, 0) is 24.3 Å². The summed E-state index contributed by atoms with van der Waals surface area (Å²) in [7, 11) is 0. The first-order chi connectivity index (χ1) is 19.5. The van der Waals surface area contributed by atoms with Crippen molar-refractivity contribution >= 4 is 23.2 Å². The van der Waals surface area contributed by atoms with Gasteiger partial charge < -0.3 is 14.9 Å². The number of piperazine rings is 1. The van der Waals surface area contributed by atoms with Crippen LogP contribution in [0.25, 0.3) is 11.3 Å². The molecule has 0 spiro atoms. The third-order valence-corrected chi connectivity index (χ3v) is 8.03. The van der Waals surface area contributed by atoms with Crippen LogP contribution in [-0.4, -0.2) is 76.0 Å². The Morgan fingerprint density at radius 2 is 1.85 bits per heavy atom. The molecule has 1 amide bonds. The number of alkyl halides is 3. The molecule has 12 heteroatoms. The average Bonchev–Trinajstić information content (AvgIpc) is 3.30. The van der Waals surface area contributed by atoms with Crippen molar-refractivity contribution in [1.29, 1.82) is 5.26 Å². The Balaban J connectivity index is 1.32. The molecule has 0 radical (unpaired) electrons. The summed E-state index contributed by atoms with van der Waals surface area (Å²) in [6, 6.07) is 13.3. The van der Waals surface area contributed by atoms with E-state index in [0.29, 0.717) is 36.3 Å². The summed E-state index contributed by atoms with van der Waals surface area (Å²) in [6.07, 6.45) is -4.80. The monoisotopic (exact) mass is 586 g/mol. The van der Waals surface area contributed by atoms with Crippen LogP contribution in [0.1, 0.15) is 29.3 Å². The zero-order chi connectivity index (χ0) is 29.3. The van der Waals surface area contributed by atoms with Crippen molar-refractivity contribution in [2.24, 2.45) is 0 Å². The molecule has 0 aliphatic carbocycles. The number of hydrogen-bond acceptors (Lipinski definition) is 6. The van der Waals surface area contributed by atoms with Crippen LogP contribution in [0.15, 0.2) is 42.5 Å². The molecule has 1 saturated heterocycles. The molecule has 1 N–H and O–H groups in total. The van der Waals surface area contributed by atoms with Gasteiger partial charge in [-0.1, -0.05) is 29.8 Å². The summed E-state index contributed by atoms with van der Waals surface area (Å²) in [4.78, 5) is 18.1. The number of carbonyl (C=O) groups excluding carboxylic acids is 1. The van der Waals surface area contributed by atoms with Gasteiger partial charge in [-0.25, -0.2) is 0 Å². The highest BCUT2D eigenvalue weighted by atomic mass is 35.5. The number of para-hydroxylation sites is 1. The Morgan fingerprint density at radius 1 is 1.12 bits per heavy atom. The van der Waals surface area contributed by atoms with E-state index in [9.17, 15) is 28.3 Å². The summed E-state index contributed by atoms with van der Waals surface area (Å²) >= 11 is 6.01. The van der Waals surface area contributed by atoms with Gasteiger partial charge in [0, 0.05) is 76.0 Å². The zero-order valence-corrected chi connectivity index (χ0v) is 23.3. The molecular formula is C29H30ClF3N6O2. The van der Waals surface area contributed by atoms with Crippen molar-refractivity contribution in [3.05, 3.63) is 69.9 Å². The largest absolute Gasteiger partial charge is 0.417 e. The first-order valence-electron chi connectivity index (χ1n) is 13.4. The molecule has 1 unspecified atom stereocenters. The summed E-state index contributed by atoms with van der Waals surface area (Å²) in [5.74, 6) is -0.101. The van der Waals surface area contributed by atoms with Crippen LogP contribution < -0.4 is 4.90 Å². The Bertz CT molecular complexity index is 1480. The van der Waals surface area contributed by atoms with Crippen LogP contribution in [0.3, 0.4) is 0 Å². The van der Waals surface area contributed by atoms with Crippen LogP contribution in [0, 0.1) is 11.3 Å². The Labute approximate surface area is 241 Å². The predicted molar refractivity (Wildman–Crippen MR) is 148 cm³/mol. The molecule has 1 atom stereocenters. The quantitative estimate of drug-likeness (QED) is 0.466. The van der Waals surface area contributed by atoms with Gasteiger partial charge in [0.2, 0.25) is 5.91 Å². The molecular weight excluding hydrogens is 557 g/mol. The second-order valence-electron chi connectivity index (χ2n) is 10.4. The minimum Gasteiger partial charge on any atom is -0.390 e. The summed E-state index contributed by atoms with van der Waals surface area (Å²) < 4.78 is 41.6. The Kier molecular flexibility index (Phi) is 8.27. The number of benzene rings is 2. The van der Waals surface area contributed by atoms with Crippen LogP contribution in [-0.2, 0) is 30.5 Å². The van der Waals surface area contributed by atoms with E-state index in [1.54, 1.807) is 15.6 Å². The molecule has 1 fully saturated rings. The lowest BCUT2D eigenvalue weighted by molar-refractivity contribution is -0.137. The van der Waals surface area contributed by atoms with Gasteiger partial charge in [-0.3, -0.25) is 14.4 Å². The third kappa shape index (κ3) is 6.20. The second-order valence-corrected chi connectivity index (χ2v) is 10.8. The SMILES string of the molecule is CC(=O)N1CCc2c(c(-c3ccc(C(F)(F)F)c(Cl)c3)nn2CC(O)CN2CCN(c3ccccc3C#N)CC2)C1. The van der Waals surface area contributed by atoms with Crippen molar-refractivity contribution in [2.75, 3.05) is 44.2 Å². The lowest BCUT2D eigenvalue weighted by atomic mass is 10.00. The summed E-state index contributed by atoms with van der Waals surface area (Å²) in [6.45, 7) is 5.76. The van der Waals surface area contributed by atoms with Gasteiger partial charge in [0.25, 0.3) is 0 Å². The van der Waals surface area contributed by atoms with Gasteiger partial charge in [-0.15, -0.1) is 0 Å². The number of nitriles is 1. The van der Waals surface area contributed by atoms with Gasteiger partial charge in [0.15, 0.2) is 0 Å². The van der Waals surface area contributed by atoms with Crippen molar-refractivity contribution < 1.29 is 23.1 Å². The number of amides is 1. The maximum absolute atomic E-state index is 13.3. The minimum absolute atomic E-state index is 0.101. The first-order valence-corrected chi connectivity index (χ1v) is 13.8. The number of β-amino-alcohol motifs (C(OH)–C–C–N with tert-alkyl or cyclic N) is 1. The second kappa shape index (κ2) is 11.7. The van der Waals surface area contributed by atoms with Crippen molar-refractivity contribution in [2.45, 2.75) is 38.7 Å². The lowest BCUT2D eigenvalue weighted by Gasteiger charge is -2.37. The molecule has 2 aliphatic rings. The standard InChI is InChI=1S/C29H30ClF3N6O2/c1-19(40)38-9-8-27-23(18-38)28(20-6-7-24(25(30)14-20)29(31,32)33)35-39(27)17-22(41)16-36-10-12-37(13-11-36)26-5-3-2-4-21(26)15-34/h2-7,14,22,41H,8-13,16-18H2,1H3. The van der Waals surface area contributed by atoms with Gasteiger partial charge in [0.05, 0.1) is 40.2 Å². The smallest absolute Gasteiger partial charge is 0.390 e. The molecule has 5 rings (SSSR count). The molecule has 2 aromatic carbocycles. The van der Waals surface area contributed by atoms with Crippen LogP contribution in [0.2, 0.25) is 5.02 Å². The molecule has 1 aromatic heterocycles. The van der Waals surface area contributed by atoms with Gasteiger partial charge in [-0.2, -0.15) is 23.5 Å². The third-order valence-electron chi connectivity index (χ3n) is 7.72. The maximum Gasteiger partial charge on any atom is 0.417 e. The molecule has 0 bridgehead atoms. The normalized spacial score (nSPS) is 16.8. The molecule has 8 nitrogen and oxygen atoms in total. The Hall–Kier alpha value is -3.59.